The summed E-state index contributed by atoms with van der Waals surface area (Å²) in [4.78, 5) is 23.6. The molecule has 0 heterocycles. The maximum absolute atomic E-state index is 12.5. The zero-order valence-corrected chi connectivity index (χ0v) is 13.3. The number of hydrogen-bond donors (Lipinski definition) is 4. The molecule has 0 spiro atoms. The molecule has 0 aliphatic heterocycles. The Morgan fingerprint density at radius 1 is 1.38 bits per heavy atom. The third-order valence-electron chi connectivity index (χ3n) is 4.72. The number of amides is 3. The molecule has 0 aromatic heterocycles. The third-order valence-corrected chi connectivity index (χ3v) is 4.72. The lowest BCUT2D eigenvalue weighted by atomic mass is 9.77. The van der Waals surface area contributed by atoms with Crippen LogP contribution in [0.15, 0.2) is 0 Å². The molecular formula is C15H29N3O3. The molecule has 0 aromatic rings. The van der Waals surface area contributed by atoms with E-state index in [1.807, 2.05) is 13.8 Å². The fraction of sp³-hybridized carbons (Fsp3) is 0.867. The highest BCUT2D eigenvalue weighted by molar-refractivity contribution is 5.87. The Kier molecular flexibility index (Phi) is 6.45. The molecule has 5 N–H and O–H groups in total. The van der Waals surface area contributed by atoms with Gasteiger partial charge >= 0.3 is 6.03 Å². The van der Waals surface area contributed by atoms with E-state index >= 15 is 0 Å². The maximum atomic E-state index is 12.5. The van der Waals surface area contributed by atoms with E-state index in [0.29, 0.717) is 5.92 Å². The maximum Gasteiger partial charge on any atom is 0.312 e. The van der Waals surface area contributed by atoms with Crippen molar-refractivity contribution < 1.29 is 14.7 Å². The van der Waals surface area contributed by atoms with Gasteiger partial charge in [0, 0.05) is 0 Å². The summed E-state index contributed by atoms with van der Waals surface area (Å²) in [6, 6.07) is -1.36. The number of urea groups is 1. The highest BCUT2D eigenvalue weighted by Gasteiger charge is 2.37. The van der Waals surface area contributed by atoms with Crippen LogP contribution in [0.2, 0.25) is 0 Å². The Hall–Kier alpha value is -1.30. The Labute approximate surface area is 126 Å². The van der Waals surface area contributed by atoms with E-state index in [4.69, 9.17) is 5.73 Å². The topological polar surface area (TPSA) is 104 Å². The van der Waals surface area contributed by atoms with E-state index in [-0.39, 0.29) is 18.4 Å². The predicted octanol–water partition coefficient (Wildman–Crippen LogP) is 1.13. The van der Waals surface area contributed by atoms with Crippen LogP contribution in [0.3, 0.4) is 0 Å². The smallest absolute Gasteiger partial charge is 0.312 e. The minimum Gasteiger partial charge on any atom is -0.394 e. The van der Waals surface area contributed by atoms with Gasteiger partial charge in [0.15, 0.2) is 0 Å². The normalized spacial score (nSPS) is 28.5. The number of nitrogens with one attached hydrogen (secondary N) is 2. The monoisotopic (exact) mass is 299 g/mol. The molecular weight excluding hydrogens is 270 g/mol. The molecule has 122 valence electrons. The Morgan fingerprint density at radius 3 is 2.38 bits per heavy atom. The van der Waals surface area contributed by atoms with Gasteiger partial charge in [-0.3, -0.25) is 4.79 Å². The van der Waals surface area contributed by atoms with Crippen LogP contribution in [0, 0.1) is 11.8 Å². The van der Waals surface area contributed by atoms with E-state index in [2.05, 4.69) is 17.6 Å². The van der Waals surface area contributed by atoms with Crippen molar-refractivity contribution >= 4 is 11.9 Å². The summed E-state index contributed by atoms with van der Waals surface area (Å²) in [5.41, 5.74) is 4.60. The zero-order valence-electron chi connectivity index (χ0n) is 13.3. The van der Waals surface area contributed by atoms with Crippen molar-refractivity contribution in [2.45, 2.75) is 64.5 Å². The number of rotatable bonds is 6. The molecule has 1 saturated carbocycles. The minimum absolute atomic E-state index is 0.0178. The molecule has 1 aliphatic rings. The number of aliphatic hydroxyl groups is 1. The number of carbonyl (C=O) groups excluding carboxylic acids is 2. The van der Waals surface area contributed by atoms with E-state index in [9.17, 15) is 14.7 Å². The average Bonchev–Trinajstić information content (AvgIpc) is 2.46. The molecule has 6 heteroatoms. The molecule has 0 saturated heterocycles. The quantitative estimate of drug-likeness (QED) is 0.591. The lowest BCUT2D eigenvalue weighted by Gasteiger charge is -2.40. The molecule has 2 unspecified atom stereocenters. The van der Waals surface area contributed by atoms with Gasteiger partial charge < -0.3 is 21.5 Å². The lowest BCUT2D eigenvalue weighted by molar-refractivity contribution is -0.127. The molecule has 1 aliphatic carbocycles. The first kappa shape index (κ1) is 17.8. The van der Waals surface area contributed by atoms with Gasteiger partial charge in [0.25, 0.3) is 0 Å². The number of aliphatic hydroxyl groups excluding tert-OH is 1. The predicted molar refractivity (Wildman–Crippen MR) is 81.6 cm³/mol. The lowest BCUT2D eigenvalue weighted by Crippen LogP contribution is -2.60. The highest BCUT2D eigenvalue weighted by Crippen LogP contribution is 2.31. The van der Waals surface area contributed by atoms with Crippen LogP contribution in [-0.2, 0) is 4.79 Å². The van der Waals surface area contributed by atoms with Gasteiger partial charge in [-0.2, -0.15) is 0 Å². The van der Waals surface area contributed by atoms with Gasteiger partial charge in [0.1, 0.15) is 6.04 Å². The van der Waals surface area contributed by atoms with E-state index in [1.54, 1.807) is 0 Å². The number of hydrogen-bond acceptors (Lipinski definition) is 3. The second kappa shape index (κ2) is 7.64. The summed E-state index contributed by atoms with van der Waals surface area (Å²) in [7, 11) is 0. The standard InChI is InChI=1S/C15H29N3O3/c1-4-11(3)12(17-14(16)21)13(20)18-15(9-19)7-5-10(2)6-8-15/h10-12,19H,4-9H2,1-3H3,(H,18,20)(H3,16,17,21). The second-order valence-corrected chi connectivity index (χ2v) is 6.48. The Morgan fingerprint density at radius 2 is 1.95 bits per heavy atom. The van der Waals surface area contributed by atoms with E-state index in [1.165, 1.54) is 0 Å². The van der Waals surface area contributed by atoms with Crippen LogP contribution in [0.4, 0.5) is 4.79 Å². The van der Waals surface area contributed by atoms with Crippen molar-refractivity contribution in [2.75, 3.05) is 6.61 Å². The number of primary amides is 1. The van der Waals surface area contributed by atoms with Gasteiger partial charge in [-0.1, -0.05) is 27.2 Å². The van der Waals surface area contributed by atoms with Crippen molar-refractivity contribution in [3.05, 3.63) is 0 Å². The summed E-state index contributed by atoms with van der Waals surface area (Å²) >= 11 is 0. The Bertz CT molecular complexity index is 365. The highest BCUT2D eigenvalue weighted by atomic mass is 16.3. The molecule has 0 bridgehead atoms. The number of carbonyl (C=O) groups is 2. The number of nitrogens with two attached hydrogens (primary N) is 1. The van der Waals surface area contributed by atoms with E-state index < -0.39 is 17.6 Å². The summed E-state index contributed by atoms with van der Waals surface area (Å²) in [6.07, 6.45) is 4.25. The summed E-state index contributed by atoms with van der Waals surface area (Å²) in [6.45, 7) is 5.96. The van der Waals surface area contributed by atoms with Crippen LogP contribution in [0.1, 0.15) is 52.9 Å². The zero-order chi connectivity index (χ0) is 16.0. The molecule has 0 radical (unpaired) electrons. The van der Waals surface area contributed by atoms with Crippen molar-refractivity contribution in [2.24, 2.45) is 17.6 Å². The van der Waals surface area contributed by atoms with Crippen LogP contribution >= 0.6 is 0 Å². The second-order valence-electron chi connectivity index (χ2n) is 6.48. The fourth-order valence-corrected chi connectivity index (χ4v) is 2.83. The molecule has 1 fully saturated rings. The molecule has 2 atom stereocenters. The van der Waals surface area contributed by atoms with Crippen LogP contribution in [0.5, 0.6) is 0 Å². The van der Waals surface area contributed by atoms with Crippen molar-refractivity contribution in [3.63, 3.8) is 0 Å². The summed E-state index contributed by atoms with van der Waals surface area (Å²) in [5.74, 6) is 0.346. The van der Waals surface area contributed by atoms with Crippen molar-refractivity contribution in [1.29, 1.82) is 0 Å². The minimum atomic E-state index is -0.703. The molecule has 21 heavy (non-hydrogen) atoms. The van der Waals surface area contributed by atoms with Gasteiger partial charge in [0.2, 0.25) is 5.91 Å². The van der Waals surface area contributed by atoms with Crippen LogP contribution in [-0.4, -0.2) is 35.2 Å². The summed E-state index contributed by atoms with van der Waals surface area (Å²) in [5, 5.41) is 15.2. The third kappa shape index (κ3) is 4.88. The summed E-state index contributed by atoms with van der Waals surface area (Å²) < 4.78 is 0. The van der Waals surface area contributed by atoms with Crippen molar-refractivity contribution in [3.8, 4) is 0 Å². The fourth-order valence-electron chi connectivity index (χ4n) is 2.83. The van der Waals surface area contributed by atoms with E-state index in [0.717, 1.165) is 32.1 Å². The van der Waals surface area contributed by atoms with Gasteiger partial charge in [-0.25, -0.2) is 4.79 Å². The van der Waals surface area contributed by atoms with Gasteiger partial charge in [0.05, 0.1) is 12.1 Å². The van der Waals surface area contributed by atoms with Gasteiger partial charge in [-0.15, -0.1) is 0 Å². The molecule has 6 nitrogen and oxygen atoms in total. The van der Waals surface area contributed by atoms with Gasteiger partial charge in [-0.05, 0) is 37.5 Å². The van der Waals surface area contributed by atoms with Crippen molar-refractivity contribution in [1.82, 2.24) is 10.6 Å². The Balaban J connectivity index is 2.76. The average molecular weight is 299 g/mol. The largest absolute Gasteiger partial charge is 0.394 e. The van der Waals surface area contributed by atoms with Crippen LogP contribution in [0.25, 0.3) is 0 Å². The first-order chi connectivity index (χ1) is 9.83. The molecule has 1 rings (SSSR count). The molecule has 0 aromatic carbocycles. The molecule has 3 amide bonds. The first-order valence-corrected chi connectivity index (χ1v) is 7.82. The van der Waals surface area contributed by atoms with Crippen LogP contribution < -0.4 is 16.4 Å². The first-order valence-electron chi connectivity index (χ1n) is 7.82. The SMILES string of the molecule is CCC(C)C(NC(N)=O)C(=O)NC1(CO)CCC(C)CC1.